The lowest BCUT2D eigenvalue weighted by Crippen LogP contribution is -2.33. The van der Waals surface area contributed by atoms with E-state index in [0.717, 1.165) is 19.3 Å². The average molecular weight is 253 g/mol. The highest BCUT2D eigenvalue weighted by Gasteiger charge is 2.30. The summed E-state index contributed by atoms with van der Waals surface area (Å²) in [5.74, 6) is 2.07. The highest BCUT2D eigenvalue weighted by molar-refractivity contribution is 5.81. The van der Waals surface area contributed by atoms with Crippen molar-refractivity contribution < 1.29 is 4.79 Å². The Morgan fingerprint density at radius 2 is 1.67 bits per heavy atom. The standard InChI is InChI=1S/C16H31NO/c1-11-6-12(2)8-13(7-11)15(18)9-14(17)10-16(3,4)5/h11-14H,6-10,17H2,1-5H3. The van der Waals surface area contributed by atoms with E-state index < -0.39 is 0 Å². The Bertz CT molecular complexity index is 269. The minimum absolute atomic E-state index is 0.0324. The van der Waals surface area contributed by atoms with Gasteiger partial charge in [-0.05, 0) is 42.9 Å². The van der Waals surface area contributed by atoms with Gasteiger partial charge < -0.3 is 5.73 Å². The molecule has 0 spiro atoms. The van der Waals surface area contributed by atoms with Crippen molar-refractivity contribution in [3.63, 3.8) is 0 Å². The molecule has 106 valence electrons. The minimum Gasteiger partial charge on any atom is -0.327 e. The van der Waals surface area contributed by atoms with Crippen LogP contribution in [-0.2, 0) is 4.79 Å². The molecule has 1 saturated carbocycles. The van der Waals surface area contributed by atoms with Gasteiger partial charge in [-0.25, -0.2) is 0 Å². The Morgan fingerprint density at radius 3 is 2.11 bits per heavy atom. The molecule has 0 bridgehead atoms. The van der Waals surface area contributed by atoms with E-state index >= 15 is 0 Å². The van der Waals surface area contributed by atoms with Crippen molar-refractivity contribution in [3.8, 4) is 0 Å². The summed E-state index contributed by atoms with van der Waals surface area (Å²) >= 11 is 0. The van der Waals surface area contributed by atoms with Gasteiger partial charge in [-0.15, -0.1) is 0 Å². The number of ketones is 1. The Hall–Kier alpha value is -0.370. The lowest BCUT2D eigenvalue weighted by atomic mass is 9.73. The first-order chi connectivity index (χ1) is 8.17. The van der Waals surface area contributed by atoms with Crippen molar-refractivity contribution >= 4 is 5.78 Å². The molecule has 1 rings (SSSR count). The second-order valence-corrected chi connectivity index (χ2v) is 7.81. The first-order valence-corrected chi connectivity index (χ1v) is 7.45. The van der Waals surface area contributed by atoms with Gasteiger partial charge >= 0.3 is 0 Å². The van der Waals surface area contributed by atoms with E-state index in [1.807, 2.05) is 0 Å². The lowest BCUT2D eigenvalue weighted by Gasteiger charge is -2.31. The Kier molecular flexibility index (Phi) is 5.39. The van der Waals surface area contributed by atoms with Gasteiger partial charge in [-0.3, -0.25) is 4.79 Å². The fourth-order valence-corrected chi connectivity index (χ4v) is 3.49. The second kappa shape index (κ2) is 6.18. The van der Waals surface area contributed by atoms with Gasteiger partial charge in [0.25, 0.3) is 0 Å². The van der Waals surface area contributed by atoms with E-state index in [-0.39, 0.29) is 17.4 Å². The fraction of sp³-hybridized carbons (Fsp3) is 0.938. The number of Topliss-reactive ketones (excluding diaryl/α,β-unsaturated/α-hetero) is 1. The first-order valence-electron chi connectivity index (χ1n) is 7.45. The number of carbonyl (C=O) groups excluding carboxylic acids is 1. The minimum atomic E-state index is 0.0324. The number of rotatable bonds is 4. The summed E-state index contributed by atoms with van der Waals surface area (Å²) in [5, 5.41) is 0. The van der Waals surface area contributed by atoms with Crippen LogP contribution in [0.15, 0.2) is 0 Å². The van der Waals surface area contributed by atoms with Crippen LogP contribution in [0.5, 0.6) is 0 Å². The first kappa shape index (κ1) is 15.7. The van der Waals surface area contributed by atoms with Crippen LogP contribution in [0.4, 0.5) is 0 Å². The summed E-state index contributed by atoms with van der Waals surface area (Å²) < 4.78 is 0. The molecule has 2 nitrogen and oxygen atoms in total. The molecule has 0 amide bonds. The zero-order chi connectivity index (χ0) is 13.9. The molecule has 1 fully saturated rings. The third-order valence-corrected chi connectivity index (χ3v) is 3.97. The van der Waals surface area contributed by atoms with Crippen molar-refractivity contribution in [2.24, 2.45) is 28.9 Å². The number of carbonyl (C=O) groups is 1. The summed E-state index contributed by atoms with van der Waals surface area (Å²) in [6.07, 6.45) is 4.92. The van der Waals surface area contributed by atoms with Crippen molar-refractivity contribution in [1.29, 1.82) is 0 Å². The van der Waals surface area contributed by atoms with Gasteiger partial charge in [-0.2, -0.15) is 0 Å². The third-order valence-electron chi connectivity index (χ3n) is 3.97. The molecule has 0 radical (unpaired) electrons. The Balaban J connectivity index is 2.45. The summed E-state index contributed by atoms with van der Waals surface area (Å²) in [6.45, 7) is 11.1. The van der Waals surface area contributed by atoms with Crippen LogP contribution in [0.3, 0.4) is 0 Å². The second-order valence-electron chi connectivity index (χ2n) is 7.81. The van der Waals surface area contributed by atoms with Crippen LogP contribution in [0.1, 0.15) is 66.7 Å². The monoisotopic (exact) mass is 253 g/mol. The van der Waals surface area contributed by atoms with Crippen molar-refractivity contribution in [2.45, 2.75) is 72.8 Å². The maximum Gasteiger partial charge on any atom is 0.137 e. The van der Waals surface area contributed by atoms with Gasteiger partial charge in [0.05, 0.1) is 0 Å². The summed E-state index contributed by atoms with van der Waals surface area (Å²) in [5.41, 5.74) is 6.33. The molecule has 3 atom stereocenters. The molecular weight excluding hydrogens is 222 g/mol. The lowest BCUT2D eigenvalue weighted by molar-refractivity contribution is -0.125. The molecule has 0 aromatic heterocycles. The van der Waals surface area contributed by atoms with Crippen LogP contribution < -0.4 is 5.73 Å². The zero-order valence-electron chi connectivity index (χ0n) is 12.8. The average Bonchev–Trinajstić information content (AvgIpc) is 2.12. The molecule has 1 aliphatic carbocycles. The molecule has 0 saturated heterocycles. The van der Waals surface area contributed by atoms with Crippen molar-refractivity contribution in [3.05, 3.63) is 0 Å². The van der Waals surface area contributed by atoms with E-state index in [0.29, 0.717) is 24.0 Å². The van der Waals surface area contributed by atoms with Crippen molar-refractivity contribution in [2.75, 3.05) is 0 Å². The van der Waals surface area contributed by atoms with Gasteiger partial charge in [0.1, 0.15) is 5.78 Å². The van der Waals surface area contributed by atoms with Gasteiger partial charge in [0, 0.05) is 18.4 Å². The summed E-state index contributed by atoms with van der Waals surface area (Å²) in [4.78, 5) is 12.3. The number of hydrogen-bond acceptors (Lipinski definition) is 2. The van der Waals surface area contributed by atoms with E-state index in [1.165, 1.54) is 6.42 Å². The number of nitrogens with two attached hydrogens (primary N) is 1. The Morgan fingerprint density at radius 1 is 1.17 bits per heavy atom. The van der Waals surface area contributed by atoms with Crippen LogP contribution >= 0.6 is 0 Å². The van der Waals surface area contributed by atoms with E-state index in [9.17, 15) is 4.79 Å². The zero-order valence-corrected chi connectivity index (χ0v) is 12.8. The molecule has 0 aromatic carbocycles. The predicted molar refractivity (Wildman–Crippen MR) is 77.3 cm³/mol. The summed E-state index contributed by atoms with van der Waals surface area (Å²) in [7, 11) is 0. The van der Waals surface area contributed by atoms with Gasteiger partial charge in [-0.1, -0.05) is 34.6 Å². The topological polar surface area (TPSA) is 43.1 Å². The van der Waals surface area contributed by atoms with Crippen LogP contribution in [0, 0.1) is 23.2 Å². The molecule has 3 unspecified atom stereocenters. The largest absolute Gasteiger partial charge is 0.327 e. The maximum absolute atomic E-state index is 12.3. The Labute approximate surface area is 113 Å². The fourth-order valence-electron chi connectivity index (χ4n) is 3.49. The molecule has 18 heavy (non-hydrogen) atoms. The predicted octanol–water partition coefficient (Wildman–Crippen LogP) is 3.78. The molecule has 2 N–H and O–H groups in total. The maximum atomic E-state index is 12.3. The van der Waals surface area contributed by atoms with Gasteiger partial charge in [0.15, 0.2) is 0 Å². The van der Waals surface area contributed by atoms with Crippen molar-refractivity contribution in [1.82, 2.24) is 0 Å². The smallest absolute Gasteiger partial charge is 0.137 e. The SMILES string of the molecule is CC1CC(C)CC(C(=O)CC(N)CC(C)(C)C)C1. The van der Waals surface area contributed by atoms with Crippen LogP contribution in [0.2, 0.25) is 0 Å². The van der Waals surface area contributed by atoms with E-state index in [1.54, 1.807) is 0 Å². The normalized spacial score (nSPS) is 31.1. The molecule has 0 aliphatic heterocycles. The highest BCUT2D eigenvalue weighted by atomic mass is 16.1. The summed E-state index contributed by atoms with van der Waals surface area (Å²) in [6, 6.07) is 0.0324. The third kappa shape index (κ3) is 5.51. The quantitative estimate of drug-likeness (QED) is 0.828. The molecule has 1 aliphatic rings. The van der Waals surface area contributed by atoms with E-state index in [4.69, 9.17) is 5.73 Å². The molecular formula is C16H31NO. The van der Waals surface area contributed by atoms with Crippen LogP contribution in [-0.4, -0.2) is 11.8 Å². The van der Waals surface area contributed by atoms with Gasteiger partial charge in [0.2, 0.25) is 0 Å². The number of hydrogen-bond donors (Lipinski definition) is 1. The van der Waals surface area contributed by atoms with E-state index in [2.05, 4.69) is 34.6 Å². The molecule has 2 heteroatoms. The molecule has 0 heterocycles. The highest BCUT2D eigenvalue weighted by Crippen LogP contribution is 2.34. The van der Waals surface area contributed by atoms with Crippen LogP contribution in [0.25, 0.3) is 0 Å². The molecule has 0 aromatic rings.